The lowest BCUT2D eigenvalue weighted by Gasteiger charge is -2.26. The number of ether oxygens (including phenoxy) is 2. The molecule has 1 fully saturated rings. The Morgan fingerprint density at radius 1 is 0.714 bits per heavy atom. The first-order valence-corrected chi connectivity index (χ1v) is 11.9. The lowest BCUT2D eigenvalue weighted by atomic mass is 9.82. The molecule has 1 aliphatic rings. The molecule has 0 spiro atoms. The van der Waals surface area contributed by atoms with Gasteiger partial charge in [0, 0.05) is 0 Å². The maximum Gasteiger partial charge on any atom is 0.308 e. The number of esters is 2. The van der Waals surface area contributed by atoms with Crippen molar-refractivity contribution in [2.75, 3.05) is 13.2 Å². The fourth-order valence-electron chi connectivity index (χ4n) is 3.86. The fourth-order valence-corrected chi connectivity index (χ4v) is 3.86. The van der Waals surface area contributed by atoms with Crippen molar-refractivity contribution in [3.63, 3.8) is 0 Å². The molecular weight excluding hydrogens is 352 g/mol. The van der Waals surface area contributed by atoms with Gasteiger partial charge in [-0.3, -0.25) is 9.59 Å². The molecule has 1 aliphatic carbocycles. The Balaban J connectivity index is 2.01. The summed E-state index contributed by atoms with van der Waals surface area (Å²) in [5.41, 5.74) is 0. The first kappa shape index (κ1) is 25.0. The minimum atomic E-state index is -0.0729. The van der Waals surface area contributed by atoms with Crippen LogP contribution in [0.1, 0.15) is 111 Å². The molecule has 0 saturated heterocycles. The molecule has 0 aromatic heterocycles. The van der Waals surface area contributed by atoms with Crippen LogP contribution >= 0.6 is 0 Å². The van der Waals surface area contributed by atoms with Gasteiger partial charge >= 0.3 is 11.9 Å². The van der Waals surface area contributed by atoms with Gasteiger partial charge in [0.1, 0.15) is 0 Å². The van der Waals surface area contributed by atoms with Crippen LogP contribution in [0.3, 0.4) is 0 Å². The van der Waals surface area contributed by atoms with Crippen molar-refractivity contribution in [2.45, 2.75) is 111 Å². The molecule has 0 aliphatic heterocycles. The molecule has 0 heterocycles. The molecule has 1 saturated carbocycles. The summed E-state index contributed by atoms with van der Waals surface area (Å²) in [6.45, 7) is 7.77. The molecule has 4 nitrogen and oxygen atoms in total. The van der Waals surface area contributed by atoms with Gasteiger partial charge in [0.2, 0.25) is 0 Å². The van der Waals surface area contributed by atoms with Crippen molar-refractivity contribution in [1.82, 2.24) is 0 Å². The Labute approximate surface area is 173 Å². The highest BCUT2D eigenvalue weighted by molar-refractivity contribution is 5.75. The van der Waals surface area contributed by atoms with E-state index in [2.05, 4.69) is 20.8 Å². The normalized spacial score (nSPS) is 19.6. The predicted octanol–water partition coefficient (Wildman–Crippen LogP) is 6.46. The van der Waals surface area contributed by atoms with Crippen LogP contribution in [-0.4, -0.2) is 25.2 Å². The van der Waals surface area contributed by atoms with Crippen molar-refractivity contribution in [1.29, 1.82) is 0 Å². The number of carbonyl (C=O) groups is 2. The molecular formula is C24H44O4. The Morgan fingerprint density at radius 2 is 1.14 bits per heavy atom. The van der Waals surface area contributed by atoms with E-state index in [9.17, 15) is 9.59 Å². The van der Waals surface area contributed by atoms with E-state index in [-0.39, 0.29) is 23.8 Å². The Bertz CT molecular complexity index is 411. The van der Waals surface area contributed by atoms with Gasteiger partial charge in [-0.2, -0.15) is 0 Å². The average molecular weight is 397 g/mol. The zero-order valence-electron chi connectivity index (χ0n) is 18.7. The molecule has 0 amide bonds. The van der Waals surface area contributed by atoms with Crippen molar-refractivity contribution in [3.8, 4) is 0 Å². The third-order valence-corrected chi connectivity index (χ3v) is 5.81. The van der Waals surface area contributed by atoms with Crippen molar-refractivity contribution in [3.05, 3.63) is 0 Å². The summed E-state index contributed by atoms with van der Waals surface area (Å²) < 4.78 is 10.8. The number of rotatable bonds is 15. The molecule has 0 radical (unpaired) electrons. The van der Waals surface area contributed by atoms with Crippen LogP contribution in [-0.2, 0) is 19.1 Å². The van der Waals surface area contributed by atoms with E-state index in [1.807, 2.05) is 0 Å². The number of hydrogen-bond acceptors (Lipinski definition) is 4. The third kappa shape index (κ3) is 11.7. The van der Waals surface area contributed by atoms with Gasteiger partial charge in [-0.1, -0.05) is 72.1 Å². The lowest BCUT2D eigenvalue weighted by Crippen LogP contribution is -2.28. The molecule has 0 N–H and O–H groups in total. The van der Waals surface area contributed by atoms with Gasteiger partial charge in [0.15, 0.2) is 0 Å². The van der Waals surface area contributed by atoms with Gasteiger partial charge in [0.05, 0.1) is 25.0 Å². The first-order chi connectivity index (χ1) is 13.5. The standard InChI is InChI=1S/C24H44O4/c1-4-5-11-18-27-23(25)21-14-16-22(17-15-21)24(26)28-19-12-9-7-6-8-10-13-20(2)3/h20-22H,4-19H2,1-3H3. The molecule has 1 rings (SSSR count). The monoisotopic (exact) mass is 396 g/mol. The SMILES string of the molecule is CCCCCOC(=O)C1CCC(C(=O)OCCCCCCCCC(C)C)CC1. The van der Waals surface area contributed by atoms with E-state index in [0.29, 0.717) is 13.2 Å². The highest BCUT2D eigenvalue weighted by Gasteiger charge is 2.31. The first-order valence-electron chi connectivity index (χ1n) is 11.9. The molecule has 4 heteroatoms. The van der Waals surface area contributed by atoms with Crippen LogP contribution in [0.25, 0.3) is 0 Å². The van der Waals surface area contributed by atoms with Crippen LogP contribution in [0.5, 0.6) is 0 Å². The molecule has 28 heavy (non-hydrogen) atoms. The van der Waals surface area contributed by atoms with Crippen molar-refractivity contribution in [2.24, 2.45) is 17.8 Å². The van der Waals surface area contributed by atoms with E-state index < -0.39 is 0 Å². The van der Waals surface area contributed by atoms with Crippen LogP contribution in [0.2, 0.25) is 0 Å². The molecule has 0 aromatic rings. The van der Waals surface area contributed by atoms with Crippen LogP contribution < -0.4 is 0 Å². The Hall–Kier alpha value is -1.06. The Kier molecular flexibility index (Phi) is 14.1. The summed E-state index contributed by atoms with van der Waals surface area (Å²) in [7, 11) is 0. The van der Waals surface area contributed by atoms with Crippen molar-refractivity contribution < 1.29 is 19.1 Å². The zero-order chi connectivity index (χ0) is 20.6. The second-order valence-corrected chi connectivity index (χ2v) is 8.89. The van der Waals surface area contributed by atoms with Gasteiger partial charge in [-0.15, -0.1) is 0 Å². The van der Waals surface area contributed by atoms with Gasteiger partial charge in [-0.05, 0) is 44.4 Å². The highest BCUT2D eigenvalue weighted by Crippen LogP contribution is 2.30. The van der Waals surface area contributed by atoms with E-state index in [0.717, 1.165) is 63.7 Å². The van der Waals surface area contributed by atoms with E-state index in [1.165, 1.54) is 32.1 Å². The van der Waals surface area contributed by atoms with Gasteiger partial charge in [-0.25, -0.2) is 0 Å². The summed E-state index contributed by atoms with van der Waals surface area (Å²) in [5, 5.41) is 0. The van der Waals surface area contributed by atoms with Gasteiger partial charge < -0.3 is 9.47 Å². The van der Waals surface area contributed by atoms with Crippen molar-refractivity contribution >= 4 is 11.9 Å². The highest BCUT2D eigenvalue weighted by atomic mass is 16.5. The summed E-state index contributed by atoms with van der Waals surface area (Å²) >= 11 is 0. The molecule has 0 bridgehead atoms. The number of unbranched alkanes of at least 4 members (excludes halogenated alkanes) is 7. The van der Waals surface area contributed by atoms with E-state index in [4.69, 9.17) is 9.47 Å². The van der Waals surface area contributed by atoms with E-state index in [1.54, 1.807) is 0 Å². The topological polar surface area (TPSA) is 52.6 Å². The fraction of sp³-hybridized carbons (Fsp3) is 0.917. The molecule has 164 valence electrons. The largest absolute Gasteiger partial charge is 0.465 e. The minimum Gasteiger partial charge on any atom is -0.465 e. The molecule has 0 aromatic carbocycles. The smallest absolute Gasteiger partial charge is 0.308 e. The average Bonchev–Trinajstić information content (AvgIpc) is 2.69. The molecule has 0 unspecified atom stereocenters. The summed E-state index contributed by atoms with van der Waals surface area (Å²) in [5.74, 6) is 0.621. The quantitative estimate of drug-likeness (QED) is 0.235. The lowest BCUT2D eigenvalue weighted by molar-refractivity contribution is -0.155. The minimum absolute atomic E-state index is 0.0265. The maximum atomic E-state index is 12.2. The summed E-state index contributed by atoms with van der Waals surface area (Å²) in [4.78, 5) is 24.3. The molecule has 0 atom stereocenters. The van der Waals surface area contributed by atoms with Gasteiger partial charge in [0.25, 0.3) is 0 Å². The number of hydrogen-bond donors (Lipinski definition) is 0. The second-order valence-electron chi connectivity index (χ2n) is 8.89. The third-order valence-electron chi connectivity index (χ3n) is 5.81. The number of carbonyl (C=O) groups excluding carboxylic acids is 2. The Morgan fingerprint density at radius 3 is 1.61 bits per heavy atom. The van der Waals surface area contributed by atoms with Crippen LogP contribution in [0.4, 0.5) is 0 Å². The zero-order valence-corrected chi connectivity index (χ0v) is 18.7. The summed E-state index contributed by atoms with van der Waals surface area (Å²) in [6, 6.07) is 0. The second kappa shape index (κ2) is 15.8. The van der Waals surface area contributed by atoms with E-state index >= 15 is 0 Å². The van der Waals surface area contributed by atoms with Crippen LogP contribution in [0.15, 0.2) is 0 Å². The maximum absolute atomic E-state index is 12.2. The van der Waals surface area contributed by atoms with Crippen LogP contribution in [0, 0.1) is 17.8 Å². The predicted molar refractivity (Wildman–Crippen MR) is 114 cm³/mol. The summed E-state index contributed by atoms with van der Waals surface area (Å²) in [6.07, 6.45) is 14.8.